The lowest BCUT2D eigenvalue weighted by atomic mass is 9.97. The molecule has 1 aliphatic rings. The summed E-state index contributed by atoms with van der Waals surface area (Å²) in [5.41, 5.74) is 5.80. The smallest absolute Gasteiger partial charge is 0.227 e. The SMILES string of the molecule is Cc1nccn1Cc1nnc(C2CCCN(c3nccc(N)n3)C2)n1C. The predicted molar refractivity (Wildman–Crippen MR) is 97.7 cm³/mol. The number of aromatic nitrogens is 7. The fraction of sp³-hybridized carbons (Fsp3) is 0.471. The summed E-state index contributed by atoms with van der Waals surface area (Å²) in [6, 6.07) is 1.71. The molecule has 3 aromatic rings. The van der Waals surface area contributed by atoms with Gasteiger partial charge in [0.05, 0.1) is 6.54 Å². The fourth-order valence-corrected chi connectivity index (χ4v) is 3.48. The van der Waals surface area contributed by atoms with E-state index >= 15 is 0 Å². The first-order valence-corrected chi connectivity index (χ1v) is 8.81. The van der Waals surface area contributed by atoms with E-state index in [2.05, 4.69) is 39.2 Å². The maximum Gasteiger partial charge on any atom is 0.227 e. The van der Waals surface area contributed by atoms with Crippen LogP contribution in [-0.4, -0.2) is 47.4 Å². The van der Waals surface area contributed by atoms with Gasteiger partial charge in [0.15, 0.2) is 5.82 Å². The number of nitrogens with zero attached hydrogens (tertiary/aromatic N) is 8. The van der Waals surface area contributed by atoms with E-state index in [4.69, 9.17) is 5.73 Å². The number of rotatable bonds is 4. The van der Waals surface area contributed by atoms with Crippen molar-refractivity contribution in [2.24, 2.45) is 7.05 Å². The molecule has 1 atom stereocenters. The number of nitrogen functional groups attached to an aromatic ring is 1. The molecule has 1 aliphatic heterocycles. The summed E-state index contributed by atoms with van der Waals surface area (Å²) in [6.07, 6.45) is 7.61. The lowest BCUT2D eigenvalue weighted by Gasteiger charge is -2.32. The number of hydrogen-bond donors (Lipinski definition) is 1. The zero-order valence-electron chi connectivity index (χ0n) is 15.1. The Labute approximate surface area is 151 Å². The van der Waals surface area contributed by atoms with Crippen molar-refractivity contribution in [1.82, 2.24) is 34.3 Å². The molecule has 0 aliphatic carbocycles. The molecule has 4 rings (SSSR count). The Morgan fingerprint density at radius 1 is 1.23 bits per heavy atom. The Bertz CT molecular complexity index is 897. The minimum atomic E-state index is 0.295. The number of piperidine rings is 1. The average Bonchev–Trinajstić information content (AvgIpc) is 3.22. The van der Waals surface area contributed by atoms with E-state index in [1.165, 1.54) is 0 Å². The summed E-state index contributed by atoms with van der Waals surface area (Å²) in [7, 11) is 2.03. The Morgan fingerprint density at radius 3 is 2.88 bits per heavy atom. The van der Waals surface area contributed by atoms with Gasteiger partial charge in [0, 0.05) is 44.6 Å². The fourth-order valence-electron chi connectivity index (χ4n) is 3.48. The molecule has 0 radical (unpaired) electrons. The summed E-state index contributed by atoms with van der Waals surface area (Å²) in [4.78, 5) is 15.2. The van der Waals surface area contributed by atoms with Crippen LogP contribution in [0.5, 0.6) is 0 Å². The van der Waals surface area contributed by atoms with Gasteiger partial charge in [0.2, 0.25) is 5.95 Å². The van der Waals surface area contributed by atoms with Crippen molar-refractivity contribution in [3.63, 3.8) is 0 Å². The summed E-state index contributed by atoms with van der Waals surface area (Å²) in [5.74, 6) is 4.38. The zero-order valence-corrected chi connectivity index (χ0v) is 15.1. The monoisotopic (exact) mass is 353 g/mol. The molecule has 26 heavy (non-hydrogen) atoms. The molecule has 0 bridgehead atoms. The van der Waals surface area contributed by atoms with Gasteiger partial charge in [0.1, 0.15) is 17.5 Å². The molecule has 136 valence electrons. The van der Waals surface area contributed by atoms with Crippen LogP contribution >= 0.6 is 0 Å². The molecule has 0 saturated carbocycles. The molecule has 1 saturated heterocycles. The van der Waals surface area contributed by atoms with Crippen molar-refractivity contribution < 1.29 is 0 Å². The van der Waals surface area contributed by atoms with Crippen molar-refractivity contribution >= 4 is 11.8 Å². The summed E-state index contributed by atoms with van der Waals surface area (Å²) in [5, 5.41) is 8.90. The first-order chi connectivity index (χ1) is 12.6. The van der Waals surface area contributed by atoms with E-state index in [1.54, 1.807) is 18.5 Å². The first kappa shape index (κ1) is 16.5. The number of hydrogen-bond acceptors (Lipinski definition) is 7. The highest BCUT2D eigenvalue weighted by Crippen LogP contribution is 2.28. The second kappa shape index (κ2) is 6.74. The Morgan fingerprint density at radius 2 is 2.12 bits per heavy atom. The third-order valence-electron chi connectivity index (χ3n) is 4.97. The second-order valence-electron chi connectivity index (χ2n) is 6.70. The first-order valence-electron chi connectivity index (χ1n) is 8.81. The molecule has 0 amide bonds. The van der Waals surface area contributed by atoms with Gasteiger partial charge in [-0.3, -0.25) is 0 Å². The van der Waals surface area contributed by atoms with E-state index in [1.807, 2.05) is 20.2 Å². The minimum absolute atomic E-state index is 0.295. The lowest BCUT2D eigenvalue weighted by Crippen LogP contribution is -2.36. The second-order valence-corrected chi connectivity index (χ2v) is 6.70. The van der Waals surface area contributed by atoms with Crippen LogP contribution in [-0.2, 0) is 13.6 Å². The molecule has 0 aromatic carbocycles. The molecule has 1 fully saturated rings. The molecular formula is C17H23N9. The third kappa shape index (κ3) is 3.12. The number of imidazole rings is 1. The van der Waals surface area contributed by atoms with E-state index < -0.39 is 0 Å². The van der Waals surface area contributed by atoms with Crippen molar-refractivity contribution in [2.75, 3.05) is 23.7 Å². The Kier molecular flexibility index (Phi) is 4.27. The Hall–Kier alpha value is -2.97. The third-order valence-corrected chi connectivity index (χ3v) is 4.97. The van der Waals surface area contributed by atoms with Crippen LogP contribution in [0, 0.1) is 6.92 Å². The lowest BCUT2D eigenvalue weighted by molar-refractivity contribution is 0.473. The Balaban J connectivity index is 1.53. The largest absolute Gasteiger partial charge is 0.384 e. The normalized spacial score (nSPS) is 17.6. The van der Waals surface area contributed by atoms with Crippen LogP contribution in [0.25, 0.3) is 0 Å². The standard InChI is InChI=1S/C17H23N9/c1-12-19-7-9-25(12)11-15-22-23-16(24(15)2)13-4-3-8-26(10-13)17-20-6-5-14(18)21-17/h5-7,9,13H,3-4,8,10-11H2,1-2H3,(H2,18,20,21). The van der Waals surface area contributed by atoms with Crippen LogP contribution < -0.4 is 10.6 Å². The highest BCUT2D eigenvalue weighted by molar-refractivity contribution is 5.38. The van der Waals surface area contributed by atoms with Crippen LogP contribution in [0.15, 0.2) is 24.7 Å². The highest BCUT2D eigenvalue weighted by atomic mass is 15.3. The van der Waals surface area contributed by atoms with Crippen LogP contribution in [0.3, 0.4) is 0 Å². The van der Waals surface area contributed by atoms with Crippen LogP contribution in [0.4, 0.5) is 11.8 Å². The number of nitrogens with two attached hydrogens (primary N) is 1. The molecular weight excluding hydrogens is 330 g/mol. The number of aryl methyl sites for hydroxylation is 1. The molecule has 9 heteroatoms. The highest BCUT2D eigenvalue weighted by Gasteiger charge is 2.27. The zero-order chi connectivity index (χ0) is 18.1. The molecule has 0 spiro atoms. The van der Waals surface area contributed by atoms with Gasteiger partial charge >= 0.3 is 0 Å². The summed E-state index contributed by atoms with van der Waals surface area (Å²) >= 11 is 0. The quantitative estimate of drug-likeness (QED) is 0.749. The summed E-state index contributed by atoms with van der Waals surface area (Å²) < 4.78 is 4.18. The molecule has 4 heterocycles. The van der Waals surface area contributed by atoms with Crippen molar-refractivity contribution in [1.29, 1.82) is 0 Å². The maximum absolute atomic E-state index is 5.80. The minimum Gasteiger partial charge on any atom is -0.384 e. The van der Waals surface area contributed by atoms with E-state index in [0.29, 0.717) is 24.2 Å². The van der Waals surface area contributed by atoms with Gasteiger partial charge in [-0.2, -0.15) is 4.98 Å². The van der Waals surface area contributed by atoms with Crippen molar-refractivity contribution in [2.45, 2.75) is 32.2 Å². The van der Waals surface area contributed by atoms with Gasteiger partial charge in [-0.05, 0) is 25.8 Å². The molecule has 1 unspecified atom stereocenters. The van der Waals surface area contributed by atoms with Gasteiger partial charge < -0.3 is 19.8 Å². The van der Waals surface area contributed by atoms with Gasteiger partial charge in [-0.1, -0.05) is 0 Å². The van der Waals surface area contributed by atoms with Crippen molar-refractivity contribution in [3.8, 4) is 0 Å². The molecule has 2 N–H and O–H groups in total. The summed E-state index contributed by atoms with van der Waals surface area (Å²) in [6.45, 7) is 4.41. The van der Waals surface area contributed by atoms with Gasteiger partial charge in [0.25, 0.3) is 0 Å². The maximum atomic E-state index is 5.80. The van der Waals surface area contributed by atoms with Gasteiger partial charge in [-0.25, -0.2) is 9.97 Å². The molecule has 3 aromatic heterocycles. The van der Waals surface area contributed by atoms with Crippen LogP contribution in [0.1, 0.15) is 36.2 Å². The van der Waals surface area contributed by atoms with Crippen molar-refractivity contribution in [3.05, 3.63) is 42.1 Å². The predicted octanol–water partition coefficient (Wildman–Crippen LogP) is 1.12. The van der Waals surface area contributed by atoms with Crippen LogP contribution in [0.2, 0.25) is 0 Å². The average molecular weight is 353 g/mol. The number of anilines is 2. The van der Waals surface area contributed by atoms with E-state index in [-0.39, 0.29) is 0 Å². The van der Waals surface area contributed by atoms with E-state index in [9.17, 15) is 0 Å². The molecule has 9 nitrogen and oxygen atoms in total. The van der Waals surface area contributed by atoms with E-state index in [0.717, 1.165) is 43.4 Å². The van der Waals surface area contributed by atoms with Gasteiger partial charge in [-0.15, -0.1) is 10.2 Å². The topological polar surface area (TPSA) is 104 Å².